The Kier molecular flexibility index (Phi) is 5.13. The van der Waals surface area contributed by atoms with Crippen LogP contribution in [0.2, 0.25) is 0 Å². The van der Waals surface area contributed by atoms with Crippen molar-refractivity contribution in [3.63, 3.8) is 0 Å². The number of fused-ring (bicyclic) bond motifs is 2. The Labute approximate surface area is 163 Å². The zero-order chi connectivity index (χ0) is 19.7. The molecule has 4 heterocycles. The number of aryl methyl sites for hydroxylation is 1. The molecule has 2 unspecified atom stereocenters. The molecular weight excluding hydrogens is 361 g/mol. The molecule has 8 heteroatoms. The monoisotopic (exact) mass is 385 g/mol. The third kappa shape index (κ3) is 3.40. The first-order valence-corrected chi connectivity index (χ1v) is 9.53. The number of benzene rings is 1. The molecule has 0 saturated carbocycles. The number of hydrogen-bond acceptors (Lipinski definition) is 6. The van der Waals surface area contributed by atoms with Gasteiger partial charge in [0.15, 0.2) is 11.6 Å². The molecule has 28 heavy (non-hydrogen) atoms. The molecule has 3 aliphatic heterocycles. The van der Waals surface area contributed by atoms with Crippen LogP contribution >= 0.6 is 0 Å². The van der Waals surface area contributed by atoms with Gasteiger partial charge in [0.2, 0.25) is 5.91 Å². The van der Waals surface area contributed by atoms with Gasteiger partial charge in [-0.25, -0.2) is 14.4 Å². The Bertz CT molecular complexity index is 865. The number of nitrogens with one attached hydrogen (secondary N) is 1. The summed E-state index contributed by atoms with van der Waals surface area (Å²) in [5.41, 5.74) is 1.11. The fraction of sp³-hybridized carbons (Fsp3) is 0.450. The number of hydrogen-bond donors (Lipinski definition) is 1. The highest BCUT2D eigenvalue weighted by atomic mass is 19.1. The van der Waals surface area contributed by atoms with Crippen molar-refractivity contribution in [1.29, 1.82) is 0 Å². The second-order valence-corrected chi connectivity index (χ2v) is 7.18. The number of carbonyl (C=O) groups excluding carboxylic acids is 1. The van der Waals surface area contributed by atoms with E-state index in [0.29, 0.717) is 49.0 Å². The summed E-state index contributed by atoms with van der Waals surface area (Å²) in [5, 5.41) is 2.92. The fourth-order valence-electron chi connectivity index (χ4n) is 4.08. The van der Waals surface area contributed by atoms with Gasteiger partial charge in [-0.3, -0.25) is 9.69 Å². The Balaban J connectivity index is 1.38. The van der Waals surface area contributed by atoms with Crippen molar-refractivity contribution in [3.8, 4) is 5.75 Å². The summed E-state index contributed by atoms with van der Waals surface area (Å²) in [6.45, 7) is 3.52. The molecular formula is C20H24FN5O2. The molecule has 3 fully saturated rings. The van der Waals surface area contributed by atoms with Crippen molar-refractivity contribution in [2.75, 3.05) is 37.0 Å². The van der Waals surface area contributed by atoms with Gasteiger partial charge in [0.1, 0.15) is 12.1 Å². The van der Waals surface area contributed by atoms with E-state index >= 15 is 0 Å². The molecule has 3 aliphatic rings. The first kappa shape index (κ1) is 18.6. The molecule has 0 spiro atoms. The van der Waals surface area contributed by atoms with Crippen LogP contribution < -0.4 is 15.0 Å². The predicted molar refractivity (Wildman–Crippen MR) is 104 cm³/mol. The van der Waals surface area contributed by atoms with Crippen LogP contribution in [0.5, 0.6) is 5.75 Å². The lowest BCUT2D eigenvalue weighted by Crippen LogP contribution is -2.70. The van der Waals surface area contributed by atoms with Crippen LogP contribution in [0.3, 0.4) is 0 Å². The van der Waals surface area contributed by atoms with Gasteiger partial charge >= 0.3 is 0 Å². The van der Waals surface area contributed by atoms with Crippen LogP contribution in [-0.4, -0.2) is 59.6 Å². The third-order valence-corrected chi connectivity index (χ3v) is 5.53. The second-order valence-electron chi connectivity index (χ2n) is 7.18. The van der Waals surface area contributed by atoms with Gasteiger partial charge in [-0.1, -0.05) is 19.1 Å². The molecule has 2 atom stereocenters. The topological polar surface area (TPSA) is 70.6 Å². The zero-order valence-corrected chi connectivity index (χ0v) is 16.1. The van der Waals surface area contributed by atoms with Crippen LogP contribution in [0.25, 0.3) is 0 Å². The summed E-state index contributed by atoms with van der Waals surface area (Å²) in [6.07, 6.45) is 2.99. The average Bonchev–Trinajstić information content (AvgIpc) is 2.72. The predicted octanol–water partition coefficient (Wildman–Crippen LogP) is 2.09. The van der Waals surface area contributed by atoms with Gasteiger partial charge in [0, 0.05) is 25.2 Å². The van der Waals surface area contributed by atoms with Gasteiger partial charge in [-0.05, 0) is 25.0 Å². The molecule has 5 rings (SSSR count). The molecule has 148 valence electrons. The molecule has 2 bridgehead atoms. The van der Waals surface area contributed by atoms with Crippen molar-refractivity contribution >= 4 is 17.4 Å². The molecule has 0 radical (unpaired) electrons. The van der Waals surface area contributed by atoms with E-state index in [1.54, 1.807) is 7.11 Å². The number of ether oxygens (including phenoxy) is 1. The standard InChI is InChI=1S/C20H24FN5O2/c1-3-15-19(21)20(23-12-22-15)25-9-13-8-14(10-25)26(13)11-18(27)24-16-6-4-5-7-17(16)28-2/h4-7,12-14H,3,8-11H2,1-2H3,(H,24,27). The lowest BCUT2D eigenvalue weighted by Gasteiger charge is -2.56. The average molecular weight is 385 g/mol. The Morgan fingerprint density at radius 1 is 1.29 bits per heavy atom. The van der Waals surface area contributed by atoms with E-state index < -0.39 is 0 Å². The SMILES string of the molecule is CCc1ncnc(N2CC3CC(C2)N3CC(=O)Nc2ccccc2OC)c1F. The lowest BCUT2D eigenvalue weighted by atomic mass is 9.87. The minimum Gasteiger partial charge on any atom is -0.495 e. The number of para-hydroxylation sites is 2. The summed E-state index contributed by atoms with van der Waals surface area (Å²) < 4.78 is 19.8. The van der Waals surface area contributed by atoms with E-state index in [9.17, 15) is 9.18 Å². The number of halogens is 1. The van der Waals surface area contributed by atoms with Crippen LogP contribution in [0.4, 0.5) is 15.9 Å². The van der Waals surface area contributed by atoms with Gasteiger partial charge in [0.25, 0.3) is 0 Å². The maximum Gasteiger partial charge on any atom is 0.238 e. The van der Waals surface area contributed by atoms with Crippen LogP contribution in [0, 0.1) is 5.82 Å². The number of piperazine rings is 1. The fourth-order valence-corrected chi connectivity index (χ4v) is 4.08. The number of carbonyl (C=O) groups is 1. The molecule has 1 aromatic heterocycles. The summed E-state index contributed by atoms with van der Waals surface area (Å²) >= 11 is 0. The number of nitrogens with zero attached hydrogens (tertiary/aromatic N) is 4. The van der Waals surface area contributed by atoms with E-state index in [0.717, 1.165) is 6.42 Å². The molecule has 7 nitrogen and oxygen atoms in total. The van der Waals surface area contributed by atoms with E-state index in [1.165, 1.54) is 6.33 Å². The zero-order valence-electron chi connectivity index (χ0n) is 16.1. The van der Waals surface area contributed by atoms with Crippen molar-refractivity contribution in [2.45, 2.75) is 31.8 Å². The van der Waals surface area contributed by atoms with E-state index in [2.05, 4.69) is 20.2 Å². The first-order chi connectivity index (χ1) is 13.6. The highest BCUT2D eigenvalue weighted by Crippen LogP contribution is 2.35. The van der Waals surface area contributed by atoms with Gasteiger partial charge in [-0.2, -0.15) is 0 Å². The molecule has 3 saturated heterocycles. The number of aromatic nitrogens is 2. The smallest absolute Gasteiger partial charge is 0.238 e. The summed E-state index contributed by atoms with van der Waals surface area (Å²) in [6, 6.07) is 7.79. The Morgan fingerprint density at radius 2 is 2.04 bits per heavy atom. The van der Waals surface area contributed by atoms with E-state index in [1.807, 2.05) is 36.1 Å². The quantitative estimate of drug-likeness (QED) is 0.821. The number of amides is 1. The Morgan fingerprint density at radius 3 is 2.75 bits per heavy atom. The van der Waals surface area contributed by atoms with Crippen molar-refractivity contribution < 1.29 is 13.9 Å². The lowest BCUT2D eigenvalue weighted by molar-refractivity contribution is -0.121. The largest absolute Gasteiger partial charge is 0.495 e. The maximum absolute atomic E-state index is 14.6. The molecule has 2 aromatic rings. The summed E-state index contributed by atoms with van der Waals surface area (Å²) in [7, 11) is 1.58. The molecule has 1 aromatic carbocycles. The summed E-state index contributed by atoms with van der Waals surface area (Å²) in [4.78, 5) is 24.8. The minimum atomic E-state index is -0.327. The normalized spacial score (nSPS) is 21.2. The molecule has 0 aliphatic carbocycles. The van der Waals surface area contributed by atoms with Crippen LogP contribution in [-0.2, 0) is 11.2 Å². The molecule has 1 amide bonds. The number of rotatable bonds is 6. The highest BCUT2D eigenvalue weighted by Gasteiger charge is 2.46. The van der Waals surface area contributed by atoms with E-state index in [-0.39, 0.29) is 23.8 Å². The third-order valence-electron chi connectivity index (χ3n) is 5.53. The van der Waals surface area contributed by atoms with Crippen LogP contribution in [0.15, 0.2) is 30.6 Å². The second kappa shape index (κ2) is 7.71. The highest BCUT2D eigenvalue weighted by molar-refractivity contribution is 5.93. The van der Waals surface area contributed by atoms with Gasteiger partial charge < -0.3 is 15.0 Å². The first-order valence-electron chi connectivity index (χ1n) is 9.53. The number of piperidine rings is 1. The number of anilines is 2. The Hall–Kier alpha value is -2.74. The van der Waals surface area contributed by atoms with Crippen molar-refractivity contribution in [2.24, 2.45) is 0 Å². The minimum absolute atomic E-state index is 0.0749. The number of methoxy groups -OCH3 is 1. The van der Waals surface area contributed by atoms with Crippen molar-refractivity contribution in [3.05, 3.63) is 42.1 Å². The van der Waals surface area contributed by atoms with Crippen LogP contribution in [0.1, 0.15) is 19.0 Å². The van der Waals surface area contributed by atoms with Crippen molar-refractivity contribution in [1.82, 2.24) is 14.9 Å². The summed E-state index contributed by atoms with van der Waals surface area (Å²) in [5.74, 6) is 0.609. The maximum atomic E-state index is 14.6. The van der Waals surface area contributed by atoms with E-state index in [4.69, 9.17) is 4.74 Å². The van der Waals surface area contributed by atoms with Gasteiger partial charge in [-0.15, -0.1) is 0 Å². The van der Waals surface area contributed by atoms with Gasteiger partial charge in [0.05, 0.1) is 25.0 Å². The molecule has 1 N–H and O–H groups in total.